The average molecular weight is 314 g/mol. The maximum Gasteiger partial charge on any atom is 0.289 e. The summed E-state index contributed by atoms with van der Waals surface area (Å²) < 4.78 is 32.3. The van der Waals surface area contributed by atoms with Gasteiger partial charge in [0, 0.05) is 19.2 Å². The molecule has 1 aromatic carbocycles. The summed E-state index contributed by atoms with van der Waals surface area (Å²) in [6.45, 7) is 4.22. The largest absolute Gasteiger partial charge is 0.375 e. The number of ether oxygens (including phenoxy) is 1. The number of nitro groups is 1. The Morgan fingerprint density at radius 3 is 2.81 bits per heavy atom. The second-order valence-electron chi connectivity index (χ2n) is 4.94. The van der Waals surface area contributed by atoms with Gasteiger partial charge in [-0.25, -0.2) is 8.42 Å². The van der Waals surface area contributed by atoms with Crippen LogP contribution in [0.25, 0.3) is 0 Å². The SMILES string of the molecule is CC[C@@H]1CN(S(=O)(=O)c2c(C)cccc2[N+](=O)[O-])CCO1. The van der Waals surface area contributed by atoms with Crippen molar-refractivity contribution in [2.24, 2.45) is 0 Å². The van der Waals surface area contributed by atoms with Gasteiger partial charge in [0.1, 0.15) is 0 Å². The molecule has 0 bridgehead atoms. The second-order valence-corrected chi connectivity index (χ2v) is 6.82. The zero-order valence-corrected chi connectivity index (χ0v) is 12.8. The lowest BCUT2D eigenvalue weighted by molar-refractivity contribution is -0.387. The van der Waals surface area contributed by atoms with E-state index in [-0.39, 0.29) is 29.8 Å². The number of sulfonamides is 1. The van der Waals surface area contributed by atoms with Gasteiger partial charge in [0.25, 0.3) is 5.69 Å². The maximum atomic E-state index is 12.8. The van der Waals surface area contributed by atoms with Crippen LogP contribution < -0.4 is 0 Å². The molecule has 0 saturated carbocycles. The van der Waals surface area contributed by atoms with Gasteiger partial charge in [-0.2, -0.15) is 4.31 Å². The lowest BCUT2D eigenvalue weighted by atomic mass is 10.2. The van der Waals surface area contributed by atoms with Crippen LogP contribution in [0.3, 0.4) is 0 Å². The molecule has 1 saturated heterocycles. The van der Waals surface area contributed by atoms with Crippen LogP contribution in [0.15, 0.2) is 23.1 Å². The second kappa shape index (κ2) is 6.08. The van der Waals surface area contributed by atoms with Crippen LogP contribution >= 0.6 is 0 Å². The fourth-order valence-electron chi connectivity index (χ4n) is 2.40. The molecule has 21 heavy (non-hydrogen) atoms. The summed E-state index contributed by atoms with van der Waals surface area (Å²) in [5, 5.41) is 11.1. The van der Waals surface area contributed by atoms with Crippen molar-refractivity contribution in [3.05, 3.63) is 33.9 Å². The highest BCUT2D eigenvalue weighted by Gasteiger charge is 2.35. The van der Waals surface area contributed by atoms with Crippen LogP contribution in [0, 0.1) is 17.0 Å². The first-order valence-corrected chi connectivity index (χ1v) is 8.17. The van der Waals surface area contributed by atoms with E-state index in [0.29, 0.717) is 18.6 Å². The molecule has 1 aliphatic heterocycles. The first-order valence-electron chi connectivity index (χ1n) is 6.73. The molecule has 0 aromatic heterocycles. The molecule has 8 heteroatoms. The summed E-state index contributed by atoms with van der Waals surface area (Å²) in [7, 11) is -3.90. The molecule has 0 aliphatic carbocycles. The van der Waals surface area contributed by atoms with E-state index >= 15 is 0 Å². The monoisotopic (exact) mass is 314 g/mol. The van der Waals surface area contributed by atoms with Crippen LogP contribution in [0.4, 0.5) is 5.69 Å². The van der Waals surface area contributed by atoms with Gasteiger partial charge in [0.2, 0.25) is 10.0 Å². The van der Waals surface area contributed by atoms with Gasteiger partial charge in [0.05, 0.1) is 17.6 Å². The fraction of sp³-hybridized carbons (Fsp3) is 0.538. The Labute approximate surface area is 123 Å². The van der Waals surface area contributed by atoms with E-state index in [0.717, 1.165) is 0 Å². The van der Waals surface area contributed by atoms with E-state index in [4.69, 9.17) is 4.74 Å². The summed E-state index contributed by atoms with van der Waals surface area (Å²) in [5.41, 5.74) is -0.00159. The van der Waals surface area contributed by atoms with E-state index < -0.39 is 14.9 Å². The van der Waals surface area contributed by atoms with Crippen LogP contribution in [0.5, 0.6) is 0 Å². The van der Waals surface area contributed by atoms with Gasteiger partial charge in [-0.3, -0.25) is 10.1 Å². The minimum absolute atomic E-state index is 0.170. The fourth-order valence-corrected chi connectivity index (χ4v) is 4.22. The Morgan fingerprint density at radius 1 is 1.48 bits per heavy atom. The first kappa shape index (κ1) is 15.9. The van der Waals surface area contributed by atoms with Crippen molar-refractivity contribution in [3.8, 4) is 0 Å². The molecule has 1 fully saturated rings. The normalized spacial score (nSPS) is 20.4. The molecule has 7 nitrogen and oxygen atoms in total. The Bertz CT molecular complexity index is 644. The van der Waals surface area contributed by atoms with E-state index in [1.165, 1.54) is 16.4 Å². The number of nitrogens with zero attached hydrogens (tertiary/aromatic N) is 2. The van der Waals surface area contributed by atoms with Crippen LogP contribution in [0.1, 0.15) is 18.9 Å². The lowest BCUT2D eigenvalue weighted by Gasteiger charge is -2.31. The predicted octanol–water partition coefficient (Wildman–Crippen LogP) is 1.70. The van der Waals surface area contributed by atoms with E-state index in [1.54, 1.807) is 13.0 Å². The molecule has 0 N–H and O–H groups in total. The molecule has 0 radical (unpaired) electrons. The highest BCUT2D eigenvalue weighted by molar-refractivity contribution is 7.89. The van der Waals surface area contributed by atoms with Crippen molar-refractivity contribution in [2.75, 3.05) is 19.7 Å². The standard InChI is InChI=1S/C13H18N2O5S/c1-3-11-9-14(7-8-20-11)21(18,19)13-10(2)5-4-6-12(13)15(16)17/h4-6,11H,3,7-9H2,1-2H3/t11-/m1/s1. The lowest BCUT2D eigenvalue weighted by Crippen LogP contribution is -2.45. The summed E-state index contributed by atoms with van der Waals surface area (Å²) in [6.07, 6.45) is 0.526. The number of hydrogen-bond donors (Lipinski definition) is 0. The zero-order valence-electron chi connectivity index (χ0n) is 12.0. The Hall–Kier alpha value is -1.51. The Kier molecular flexibility index (Phi) is 4.60. The summed E-state index contributed by atoms with van der Waals surface area (Å²) >= 11 is 0. The van der Waals surface area contributed by atoms with E-state index in [9.17, 15) is 18.5 Å². The maximum absolute atomic E-state index is 12.8. The number of benzene rings is 1. The quantitative estimate of drug-likeness (QED) is 0.623. The summed E-state index contributed by atoms with van der Waals surface area (Å²) in [5.74, 6) is 0. The van der Waals surface area contributed by atoms with Gasteiger partial charge in [-0.15, -0.1) is 0 Å². The molecule has 0 spiro atoms. The van der Waals surface area contributed by atoms with Gasteiger partial charge in [-0.1, -0.05) is 19.1 Å². The summed E-state index contributed by atoms with van der Waals surface area (Å²) in [4.78, 5) is 10.3. The van der Waals surface area contributed by atoms with Crippen LogP contribution in [0.2, 0.25) is 0 Å². The number of nitro benzene ring substituents is 1. The van der Waals surface area contributed by atoms with Gasteiger partial charge in [0.15, 0.2) is 4.90 Å². The molecule has 0 unspecified atom stereocenters. The number of rotatable bonds is 4. The number of morpholine rings is 1. The minimum Gasteiger partial charge on any atom is -0.375 e. The Morgan fingerprint density at radius 2 is 2.19 bits per heavy atom. The van der Waals surface area contributed by atoms with E-state index in [2.05, 4.69) is 0 Å². The minimum atomic E-state index is -3.90. The van der Waals surface area contributed by atoms with Crippen molar-refractivity contribution in [1.29, 1.82) is 0 Å². The first-order chi connectivity index (χ1) is 9.87. The van der Waals surface area contributed by atoms with Crippen molar-refractivity contribution in [2.45, 2.75) is 31.3 Å². The molecule has 0 amide bonds. The average Bonchev–Trinajstić information content (AvgIpc) is 2.46. The third-order valence-corrected chi connectivity index (χ3v) is 5.60. The highest BCUT2D eigenvalue weighted by Crippen LogP contribution is 2.30. The number of hydrogen-bond acceptors (Lipinski definition) is 5. The smallest absolute Gasteiger partial charge is 0.289 e. The molecule has 1 aliphatic rings. The van der Waals surface area contributed by atoms with Crippen molar-refractivity contribution in [3.63, 3.8) is 0 Å². The van der Waals surface area contributed by atoms with Gasteiger partial charge < -0.3 is 4.74 Å². The van der Waals surface area contributed by atoms with Crippen LogP contribution in [-0.2, 0) is 14.8 Å². The molecule has 2 rings (SSSR count). The molecular formula is C13H18N2O5S. The van der Waals surface area contributed by atoms with E-state index in [1.807, 2.05) is 6.92 Å². The van der Waals surface area contributed by atoms with Crippen molar-refractivity contribution in [1.82, 2.24) is 4.31 Å². The molecular weight excluding hydrogens is 296 g/mol. The predicted molar refractivity (Wildman–Crippen MR) is 76.6 cm³/mol. The zero-order chi connectivity index (χ0) is 15.6. The third-order valence-electron chi connectivity index (χ3n) is 3.54. The number of aryl methyl sites for hydroxylation is 1. The molecule has 1 atom stereocenters. The molecule has 116 valence electrons. The van der Waals surface area contributed by atoms with Crippen molar-refractivity contribution < 1.29 is 18.1 Å². The van der Waals surface area contributed by atoms with Gasteiger partial charge >= 0.3 is 0 Å². The summed E-state index contributed by atoms with van der Waals surface area (Å²) in [6, 6.07) is 4.27. The van der Waals surface area contributed by atoms with Gasteiger partial charge in [-0.05, 0) is 18.9 Å². The molecule has 1 aromatic rings. The highest BCUT2D eigenvalue weighted by atomic mass is 32.2. The van der Waals surface area contributed by atoms with Crippen molar-refractivity contribution >= 4 is 15.7 Å². The molecule has 1 heterocycles. The topological polar surface area (TPSA) is 89.8 Å². The van der Waals surface area contributed by atoms with Crippen LogP contribution in [-0.4, -0.2) is 43.4 Å². The third kappa shape index (κ3) is 3.07. The Balaban J connectivity index is 2.47.